The highest BCUT2D eigenvalue weighted by Crippen LogP contribution is 2.41. The summed E-state index contributed by atoms with van der Waals surface area (Å²) in [5.74, 6) is 0. The maximum absolute atomic E-state index is 3.55. The molecule has 1 aliphatic rings. The molecule has 2 nitrogen and oxygen atoms in total. The molecule has 0 bridgehead atoms. The Morgan fingerprint density at radius 3 is 2.75 bits per heavy atom. The Labute approximate surface area is 98.7 Å². The minimum atomic E-state index is 0.348. The predicted molar refractivity (Wildman–Crippen MR) is 70.1 cm³/mol. The van der Waals surface area contributed by atoms with Crippen molar-refractivity contribution < 1.29 is 0 Å². The lowest BCUT2D eigenvalue weighted by Crippen LogP contribution is -2.32. The van der Waals surface area contributed by atoms with Crippen LogP contribution in [0.2, 0.25) is 0 Å². The van der Waals surface area contributed by atoms with Gasteiger partial charge in [0, 0.05) is 17.6 Å². The van der Waals surface area contributed by atoms with Gasteiger partial charge in [-0.2, -0.15) is 0 Å². The highest BCUT2D eigenvalue weighted by atomic mass is 15.1. The molecule has 0 radical (unpaired) electrons. The molecule has 1 aliphatic heterocycles. The van der Waals surface area contributed by atoms with Crippen molar-refractivity contribution in [3.05, 3.63) is 29.8 Å². The van der Waals surface area contributed by atoms with Crippen LogP contribution < -0.4 is 5.32 Å². The van der Waals surface area contributed by atoms with Gasteiger partial charge in [0.05, 0.1) is 0 Å². The molecule has 1 aromatic rings. The van der Waals surface area contributed by atoms with Gasteiger partial charge < -0.3 is 10.2 Å². The van der Waals surface area contributed by atoms with E-state index in [1.165, 1.54) is 24.1 Å². The molecule has 2 rings (SSSR count). The molecular formula is C14H22N2. The molecular weight excluding hydrogens is 196 g/mol. The van der Waals surface area contributed by atoms with Crippen molar-refractivity contribution in [2.75, 3.05) is 32.5 Å². The fraction of sp³-hybridized carbons (Fsp3) is 0.571. The highest BCUT2D eigenvalue weighted by Gasteiger charge is 2.36. The monoisotopic (exact) mass is 218 g/mol. The minimum Gasteiger partial charge on any atom is -0.384 e. The van der Waals surface area contributed by atoms with E-state index in [9.17, 15) is 0 Å². The Hall–Kier alpha value is -1.02. The second-order valence-electron chi connectivity index (χ2n) is 5.09. The molecule has 1 heterocycles. The molecule has 0 aromatic heterocycles. The lowest BCUT2D eigenvalue weighted by Gasteiger charge is -2.29. The van der Waals surface area contributed by atoms with Gasteiger partial charge in [0.25, 0.3) is 0 Å². The first-order valence-electron chi connectivity index (χ1n) is 6.16. The fourth-order valence-corrected chi connectivity index (χ4v) is 2.61. The van der Waals surface area contributed by atoms with E-state index in [-0.39, 0.29) is 0 Å². The van der Waals surface area contributed by atoms with Gasteiger partial charge in [-0.25, -0.2) is 0 Å². The zero-order valence-corrected chi connectivity index (χ0v) is 10.6. The van der Waals surface area contributed by atoms with Gasteiger partial charge in [-0.05, 0) is 45.1 Å². The predicted octanol–water partition coefficient (Wildman–Crippen LogP) is 2.71. The molecule has 0 amide bonds. The zero-order chi connectivity index (χ0) is 11.6. The van der Waals surface area contributed by atoms with E-state index in [0.717, 1.165) is 13.1 Å². The number of anilines is 1. The second-order valence-corrected chi connectivity index (χ2v) is 5.09. The van der Waals surface area contributed by atoms with E-state index < -0.39 is 0 Å². The van der Waals surface area contributed by atoms with Crippen molar-refractivity contribution in [3.63, 3.8) is 0 Å². The minimum absolute atomic E-state index is 0.348. The summed E-state index contributed by atoms with van der Waals surface area (Å²) >= 11 is 0. The standard InChI is InChI=1S/C14H22N2/c1-4-14(9-10-16(2)3)11-15-13-8-6-5-7-12(13)14/h5-8,15H,4,9-11H2,1-3H3. The average molecular weight is 218 g/mol. The summed E-state index contributed by atoms with van der Waals surface area (Å²) in [5, 5.41) is 3.55. The van der Waals surface area contributed by atoms with Crippen LogP contribution in [0.1, 0.15) is 25.3 Å². The largest absolute Gasteiger partial charge is 0.384 e. The van der Waals surface area contributed by atoms with E-state index >= 15 is 0 Å². The molecule has 88 valence electrons. The van der Waals surface area contributed by atoms with Gasteiger partial charge in [-0.3, -0.25) is 0 Å². The van der Waals surface area contributed by atoms with Crippen LogP contribution in [0.3, 0.4) is 0 Å². The van der Waals surface area contributed by atoms with E-state index in [4.69, 9.17) is 0 Å². The van der Waals surface area contributed by atoms with E-state index in [0.29, 0.717) is 5.41 Å². The number of fused-ring (bicyclic) bond motifs is 1. The van der Waals surface area contributed by atoms with E-state index in [1.54, 1.807) is 0 Å². The topological polar surface area (TPSA) is 15.3 Å². The van der Waals surface area contributed by atoms with Gasteiger partial charge in [-0.1, -0.05) is 25.1 Å². The molecule has 0 spiro atoms. The summed E-state index contributed by atoms with van der Waals surface area (Å²) in [5.41, 5.74) is 3.20. The van der Waals surface area contributed by atoms with Crippen LogP contribution in [0.25, 0.3) is 0 Å². The highest BCUT2D eigenvalue weighted by molar-refractivity contribution is 5.60. The van der Waals surface area contributed by atoms with Crippen LogP contribution in [-0.4, -0.2) is 32.1 Å². The molecule has 16 heavy (non-hydrogen) atoms. The molecule has 2 heteroatoms. The van der Waals surface area contributed by atoms with Crippen LogP contribution in [0.4, 0.5) is 5.69 Å². The van der Waals surface area contributed by atoms with Gasteiger partial charge in [0.2, 0.25) is 0 Å². The van der Waals surface area contributed by atoms with Gasteiger partial charge in [0.15, 0.2) is 0 Å². The van der Waals surface area contributed by atoms with Gasteiger partial charge in [-0.15, -0.1) is 0 Å². The van der Waals surface area contributed by atoms with Crippen molar-refractivity contribution in [1.29, 1.82) is 0 Å². The number of benzene rings is 1. The number of hydrogen-bond acceptors (Lipinski definition) is 2. The van der Waals surface area contributed by atoms with Crippen molar-refractivity contribution >= 4 is 5.69 Å². The maximum Gasteiger partial charge on any atom is 0.0379 e. The SMILES string of the molecule is CCC1(CCN(C)C)CNc2ccccc21. The lowest BCUT2D eigenvalue weighted by atomic mass is 9.77. The average Bonchev–Trinajstić information content (AvgIpc) is 2.66. The summed E-state index contributed by atoms with van der Waals surface area (Å²) in [4.78, 5) is 2.28. The van der Waals surface area contributed by atoms with Crippen molar-refractivity contribution in [1.82, 2.24) is 4.90 Å². The number of rotatable bonds is 4. The number of nitrogens with zero attached hydrogens (tertiary/aromatic N) is 1. The van der Waals surface area contributed by atoms with Crippen LogP contribution in [0, 0.1) is 0 Å². The molecule has 0 saturated heterocycles. The van der Waals surface area contributed by atoms with Crippen molar-refractivity contribution in [2.45, 2.75) is 25.2 Å². The third-order valence-corrected chi connectivity index (χ3v) is 3.83. The van der Waals surface area contributed by atoms with Crippen LogP contribution in [-0.2, 0) is 5.41 Å². The Morgan fingerprint density at radius 2 is 2.06 bits per heavy atom. The summed E-state index contributed by atoms with van der Waals surface area (Å²) < 4.78 is 0. The first-order valence-corrected chi connectivity index (χ1v) is 6.16. The summed E-state index contributed by atoms with van der Waals surface area (Å²) in [7, 11) is 4.30. The smallest absolute Gasteiger partial charge is 0.0379 e. The summed E-state index contributed by atoms with van der Waals surface area (Å²) in [6.45, 7) is 4.56. The van der Waals surface area contributed by atoms with Crippen molar-refractivity contribution in [3.8, 4) is 0 Å². The Balaban J connectivity index is 2.23. The van der Waals surface area contributed by atoms with E-state index in [2.05, 4.69) is 55.5 Å². The molecule has 0 saturated carbocycles. The first kappa shape index (κ1) is 11.5. The Morgan fingerprint density at radius 1 is 1.31 bits per heavy atom. The fourth-order valence-electron chi connectivity index (χ4n) is 2.61. The normalized spacial score (nSPS) is 23.2. The maximum atomic E-state index is 3.55. The molecule has 1 N–H and O–H groups in total. The van der Waals surface area contributed by atoms with Crippen molar-refractivity contribution in [2.24, 2.45) is 0 Å². The molecule has 1 aromatic carbocycles. The second kappa shape index (κ2) is 4.46. The quantitative estimate of drug-likeness (QED) is 0.836. The molecule has 0 aliphatic carbocycles. The third-order valence-electron chi connectivity index (χ3n) is 3.83. The third kappa shape index (κ3) is 1.94. The summed E-state index contributed by atoms with van der Waals surface area (Å²) in [6, 6.07) is 8.76. The number of nitrogens with one attached hydrogen (secondary N) is 1. The van der Waals surface area contributed by atoms with E-state index in [1.807, 2.05) is 0 Å². The number of para-hydroxylation sites is 1. The number of hydrogen-bond donors (Lipinski definition) is 1. The summed E-state index contributed by atoms with van der Waals surface area (Å²) in [6.07, 6.45) is 2.45. The molecule has 1 atom stereocenters. The van der Waals surface area contributed by atoms with Crippen LogP contribution in [0.15, 0.2) is 24.3 Å². The lowest BCUT2D eigenvalue weighted by molar-refractivity contribution is 0.321. The van der Waals surface area contributed by atoms with Gasteiger partial charge in [0.1, 0.15) is 0 Å². The molecule has 0 fully saturated rings. The first-order chi connectivity index (χ1) is 7.68. The van der Waals surface area contributed by atoms with Crippen LogP contribution >= 0.6 is 0 Å². The van der Waals surface area contributed by atoms with Gasteiger partial charge >= 0.3 is 0 Å². The molecule has 1 unspecified atom stereocenters. The Kier molecular flexibility index (Phi) is 3.20. The zero-order valence-electron chi connectivity index (χ0n) is 10.6. The van der Waals surface area contributed by atoms with Crippen LogP contribution in [0.5, 0.6) is 0 Å². The Bertz CT molecular complexity index is 360.